The van der Waals surface area contributed by atoms with E-state index in [1.807, 2.05) is 0 Å². The number of rotatable bonds is 6. The van der Waals surface area contributed by atoms with Gasteiger partial charge in [-0.2, -0.15) is 0 Å². The molecule has 2 amide bonds. The van der Waals surface area contributed by atoms with E-state index in [1.165, 1.54) is 32.4 Å². The van der Waals surface area contributed by atoms with Crippen LogP contribution in [0.25, 0.3) is 0 Å². The highest BCUT2D eigenvalue weighted by Gasteiger charge is 2.11. The van der Waals surface area contributed by atoms with Gasteiger partial charge in [0.05, 0.1) is 12.8 Å². The minimum absolute atomic E-state index is 0.143. The van der Waals surface area contributed by atoms with E-state index < -0.39 is 0 Å². The van der Waals surface area contributed by atoms with Crippen molar-refractivity contribution < 1.29 is 14.3 Å². The molecule has 0 heterocycles. The maximum Gasteiger partial charge on any atom is 0.251 e. The maximum absolute atomic E-state index is 12.2. The first-order valence-corrected chi connectivity index (χ1v) is 8.02. The van der Waals surface area contributed by atoms with Crippen molar-refractivity contribution in [3.8, 4) is 5.75 Å². The predicted octanol–water partition coefficient (Wildman–Crippen LogP) is 3.27. The van der Waals surface area contributed by atoms with Gasteiger partial charge in [-0.05, 0) is 50.3 Å². The van der Waals surface area contributed by atoms with E-state index in [9.17, 15) is 9.59 Å². The summed E-state index contributed by atoms with van der Waals surface area (Å²) >= 11 is 0. The Morgan fingerprint density at radius 1 is 1.26 bits per heavy atom. The standard InChI is InChI=1S/C18H24N2O3/c1-13(21)20-16-12-15(8-9-17(16)23-2)18(22)19-11-10-14-6-4-3-5-7-14/h6,8-9,12H,3-5,7,10-11H2,1-2H3,(H,19,22)(H,20,21). The number of amides is 2. The van der Waals surface area contributed by atoms with Crippen molar-refractivity contribution >= 4 is 17.5 Å². The molecule has 1 aromatic rings. The molecule has 0 aliphatic heterocycles. The van der Waals surface area contributed by atoms with Crippen molar-refractivity contribution in [1.82, 2.24) is 5.32 Å². The van der Waals surface area contributed by atoms with E-state index in [1.54, 1.807) is 18.2 Å². The van der Waals surface area contributed by atoms with Gasteiger partial charge in [0.1, 0.15) is 5.75 Å². The van der Waals surface area contributed by atoms with Gasteiger partial charge in [0.15, 0.2) is 0 Å². The number of benzene rings is 1. The number of carbonyl (C=O) groups is 2. The van der Waals surface area contributed by atoms with E-state index in [-0.39, 0.29) is 11.8 Å². The molecular formula is C18H24N2O3. The molecule has 0 radical (unpaired) electrons. The summed E-state index contributed by atoms with van der Waals surface area (Å²) in [4.78, 5) is 23.5. The van der Waals surface area contributed by atoms with Crippen molar-refractivity contribution in [2.24, 2.45) is 0 Å². The summed E-state index contributed by atoms with van der Waals surface area (Å²) < 4.78 is 5.19. The third-order valence-electron chi connectivity index (χ3n) is 3.89. The Morgan fingerprint density at radius 2 is 2.09 bits per heavy atom. The molecule has 0 saturated carbocycles. The molecule has 0 saturated heterocycles. The summed E-state index contributed by atoms with van der Waals surface area (Å²) in [5.41, 5.74) is 2.44. The van der Waals surface area contributed by atoms with E-state index >= 15 is 0 Å². The van der Waals surface area contributed by atoms with Gasteiger partial charge < -0.3 is 15.4 Å². The van der Waals surface area contributed by atoms with Gasteiger partial charge in [-0.3, -0.25) is 9.59 Å². The molecule has 2 N–H and O–H groups in total. The third-order valence-corrected chi connectivity index (χ3v) is 3.89. The minimum atomic E-state index is -0.204. The van der Waals surface area contributed by atoms with Gasteiger partial charge in [-0.1, -0.05) is 11.6 Å². The van der Waals surface area contributed by atoms with Crippen molar-refractivity contribution in [3.05, 3.63) is 35.4 Å². The third kappa shape index (κ3) is 5.13. The van der Waals surface area contributed by atoms with Crippen molar-refractivity contribution in [2.75, 3.05) is 19.0 Å². The first kappa shape index (κ1) is 17.1. The highest BCUT2D eigenvalue weighted by Crippen LogP contribution is 2.25. The Labute approximate surface area is 137 Å². The molecule has 5 heteroatoms. The van der Waals surface area contributed by atoms with E-state index in [4.69, 9.17) is 4.74 Å². The molecule has 5 nitrogen and oxygen atoms in total. The van der Waals surface area contributed by atoms with Gasteiger partial charge in [-0.25, -0.2) is 0 Å². The Balaban J connectivity index is 1.95. The van der Waals surface area contributed by atoms with Gasteiger partial charge in [0.2, 0.25) is 5.91 Å². The van der Waals surface area contributed by atoms with Crippen LogP contribution < -0.4 is 15.4 Å². The van der Waals surface area contributed by atoms with Crippen molar-refractivity contribution in [1.29, 1.82) is 0 Å². The van der Waals surface area contributed by atoms with E-state index in [2.05, 4.69) is 16.7 Å². The van der Waals surface area contributed by atoms with Gasteiger partial charge in [0.25, 0.3) is 5.91 Å². The quantitative estimate of drug-likeness (QED) is 0.792. The van der Waals surface area contributed by atoms with E-state index in [0.717, 1.165) is 19.3 Å². The number of nitrogens with one attached hydrogen (secondary N) is 2. The van der Waals surface area contributed by atoms with Crippen molar-refractivity contribution in [3.63, 3.8) is 0 Å². The lowest BCUT2D eigenvalue weighted by molar-refractivity contribution is -0.114. The molecule has 2 rings (SSSR count). The average molecular weight is 316 g/mol. The largest absolute Gasteiger partial charge is 0.495 e. The fourth-order valence-electron chi connectivity index (χ4n) is 2.71. The number of hydrogen-bond donors (Lipinski definition) is 2. The molecule has 0 unspecified atom stereocenters. The van der Waals surface area contributed by atoms with Gasteiger partial charge in [0, 0.05) is 19.0 Å². The van der Waals surface area contributed by atoms with Crippen LogP contribution in [0, 0.1) is 0 Å². The normalized spacial score (nSPS) is 13.9. The summed E-state index contributed by atoms with van der Waals surface area (Å²) in [5.74, 6) is 0.185. The number of ether oxygens (including phenoxy) is 1. The number of anilines is 1. The number of methoxy groups -OCH3 is 1. The molecule has 23 heavy (non-hydrogen) atoms. The molecule has 124 valence electrons. The maximum atomic E-state index is 12.2. The zero-order valence-corrected chi connectivity index (χ0v) is 13.8. The van der Waals surface area contributed by atoms with E-state index in [0.29, 0.717) is 23.5 Å². The molecule has 0 fully saturated rings. The second-order valence-corrected chi connectivity index (χ2v) is 5.71. The predicted molar refractivity (Wildman–Crippen MR) is 90.8 cm³/mol. The topological polar surface area (TPSA) is 67.4 Å². The Kier molecular flexibility index (Phi) is 6.20. The molecule has 0 spiro atoms. The summed E-state index contributed by atoms with van der Waals surface area (Å²) in [7, 11) is 1.53. The summed E-state index contributed by atoms with van der Waals surface area (Å²) in [6.07, 6.45) is 8.01. The Morgan fingerprint density at radius 3 is 2.74 bits per heavy atom. The Hall–Kier alpha value is -2.30. The Bertz CT molecular complexity index is 608. The first-order valence-electron chi connectivity index (χ1n) is 8.02. The fourth-order valence-corrected chi connectivity index (χ4v) is 2.71. The summed E-state index contributed by atoms with van der Waals surface area (Å²) in [5, 5.41) is 5.61. The summed E-state index contributed by atoms with van der Waals surface area (Å²) in [6, 6.07) is 5.01. The SMILES string of the molecule is COc1ccc(C(=O)NCCC2=CCCCC2)cc1NC(C)=O. The second kappa shape index (κ2) is 8.36. The lowest BCUT2D eigenvalue weighted by atomic mass is 9.97. The van der Waals surface area contributed by atoms with Crippen LogP contribution in [-0.4, -0.2) is 25.5 Å². The lowest BCUT2D eigenvalue weighted by Gasteiger charge is -2.14. The van der Waals surface area contributed by atoms with Crippen molar-refractivity contribution in [2.45, 2.75) is 39.0 Å². The zero-order chi connectivity index (χ0) is 16.7. The number of allylic oxidation sites excluding steroid dienone is 1. The van der Waals surface area contributed by atoms with Gasteiger partial charge >= 0.3 is 0 Å². The van der Waals surface area contributed by atoms with Crippen LogP contribution in [0.4, 0.5) is 5.69 Å². The number of carbonyl (C=O) groups excluding carboxylic acids is 2. The molecule has 0 bridgehead atoms. The van der Waals surface area contributed by atoms with Crippen LogP contribution in [0.15, 0.2) is 29.8 Å². The van der Waals surface area contributed by atoms with Crippen LogP contribution in [-0.2, 0) is 4.79 Å². The molecule has 1 aromatic carbocycles. The second-order valence-electron chi connectivity index (χ2n) is 5.71. The molecular weight excluding hydrogens is 292 g/mol. The molecule has 1 aliphatic carbocycles. The van der Waals surface area contributed by atoms with Crippen LogP contribution in [0.2, 0.25) is 0 Å². The average Bonchev–Trinajstić information content (AvgIpc) is 2.55. The lowest BCUT2D eigenvalue weighted by Crippen LogP contribution is -2.25. The highest BCUT2D eigenvalue weighted by molar-refractivity contribution is 5.97. The van der Waals surface area contributed by atoms with Crippen LogP contribution in [0.5, 0.6) is 5.75 Å². The summed E-state index contributed by atoms with van der Waals surface area (Å²) in [6.45, 7) is 2.05. The highest BCUT2D eigenvalue weighted by atomic mass is 16.5. The van der Waals surface area contributed by atoms with Crippen LogP contribution in [0.1, 0.15) is 49.4 Å². The molecule has 1 aliphatic rings. The fraction of sp³-hybridized carbons (Fsp3) is 0.444. The molecule has 0 aromatic heterocycles. The molecule has 0 atom stereocenters. The zero-order valence-electron chi connectivity index (χ0n) is 13.8. The number of hydrogen-bond acceptors (Lipinski definition) is 3. The van der Waals surface area contributed by atoms with Crippen LogP contribution in [0.3, 0.4) is 0 Å². The van der Waals surface area contributed by atoms with Gasteiger partial charge in [-0.15, -0.1) is 0 Å². The minimum Gasteiger partial charge on any atom is -0.495 e. The van der Waals surface area contributed by atoms with Crippen LogP contribution >= 0.6 is 0 Å². The smallest absolute Gasteiger partial charge is 0.251 e. The monoisotopic (exact) mass is 316 g/mol. The first-order chi connectivity index (χ1) is 11.1.